The van der Waals surface area contributed by atoms with E-state index in [9.17, 15) is 4.79 Å². The summed E-state index contributed by atoms with van der Waals surface area (Å²) in [7, 11) is 0. The molecule has 3 N–H and O–H groups in total. The van der Waals surface area contributed by atoms with Crippen LogP contribution in [0, 0.1) is 0 Å². The molecular weight excluding hydrogens is 419 g/mol. The maximum absolute atomic E-state index is 11.8. The Balaban J connectivity index is 1.50. The van der Waals surface area contributed by atoms with Crippen molar-refractivity contribution in [3.63, 3.8) is 0 Å². The molecule has 3 rings (SSSR count). The maximum Gasteiger partial charge on any atom is 0.246 e. The Bertz CT molecular complexity index is 970. The van der Waals surface area contributed by atoms with E-state index in [1.54, 1.807) is 41.9 Å². The number of thiazole rings is 1. The highest BCUT2D eigenvalue weighted by Crippen LogP contribution is 2.25. The first-order valence-electron chi connectivity index (χ1n) is 8.19. The van der Waals surface area contributed by atoms with Crippen molar-refractivity contribution in [1.82, 2.24) is 10.4 Å². The Kier molecular flexibility index (Phi) is 6.86. The zero-order chi connectivity index (χ0) is 19.9. The minimum atomic E-state index is -0.266. The summed E-state index contributed by atoms with van der Waals surface area (Å²) in [5, 5.41) is 7.24. The summed E-state index contributed by atoms with van der Waals surface area (Å²) in [4.78, 5) is 15.8. The highest BCUT2D eigenvalue weighted by molar-refractivity contribution is 7.13. The molecule has 28 heavy (non-hydrogen) atoms. The number of amides is 1. The van der Waals surface area contributed by atoms with Crippen LogP contribution in [-0.2, 0) is 17.8 Å². The summed E-state index contributed by atoms with van der Waals surface area (Å²) < 4.78 is 5.72. The summed E-state index contributed by atoms with van der Waals surface area (Å²) in [6.07, 6.45) is 1.67. The van der Waals surface area contributed by atoms with Crippen LogP contribution < -0.4 is 15.9 Å². The number of nitrogens with two attached hydrogens (primary N) is 1. The van der Waals surface area contributed by atoms with Crippen molar-refractivity contribution < 1.29 is 9.53 Å². The van der Waals surface area contributed by atoms with E-state index >= 15 is 0 Å². The zero-order valence-corrected chi connectivity index (χ0v) is 16.9. The minimum Gasteiger partial charge on any atom is -0.489 e. The van der Waals surface area contributed by atoms with Crippen LogP contribution in [0.2, 0.25) is 10.0 Å². The van der Waals surface area contributed by atoms with E-state index in [1.807, 2.05) is 12.1 Å². The number of halogens is 2. The number of nitrogen functional groups attached to an aromatic ring is 1. The molecule has 3 aromatic rings. The van der Waals surface area contributed by atoms with Gasteiger partial charge in [0.15, 0.2) is 5.13 Å². The largest absolute Gasteiger partial charge is 0.489 e. The first kappa shape index (κ1) is 20.1. The van der Waals surface area contributed by atoms with Crippen molar-refractivity contribution in [2.45, 2.75) is 13.0 Å². The van der Waals surface area contributed by atoms with E-state index in [0.717, 1.165) is 11.1 Å². The number of nitrogens with one attached hydrogen (secondary N) is 1. The van der Waals surface area contributed by atoms with Crippen LogP contribution in [0.15, 0.2) is 52.9 Å². The number of hydrogen-bond acceptors (Lipinski definition) is 6. The molecule has 1 amide bonds. The Morgan fingerprint density at radius 2 is 1.93 bits per heavy atom. The third-order valence-electron chi connectivity index (χ3n) is 3.64. The quantitative estimate of drug-likeness (QED) is 0.428. The molecule has 0 aliphatic heterocycles. The third-order valence-corrected chi connectivity index (χ3v) is 5.07. The smallest absolute Gasteiger partial charge is 0.246 e. The highest BCUT2D eigenvalue weighted by Gasteiger charge is 2.07. The third kappa shape index (κ3) is 5.69. The van der Waals surface area contributed by atoms with Crippen LogP contribution in [-0.4, -0.2) is 17.1 Å². The summed E-state index contributed by atoms with van der Waals surface area (Å²) in [5.74, 6) is 0.399. The van der Waals surface area contributed by atoms with Crippen LogP contribution >= 0.6 is 34.5 Å². The van der Waals surface area contributed by atoms with E-state index in [1.165, 1.54) is 11.3 Å². The fraction of sp³-hybridized carbons (Fsp3) is 0.105. The molecule has 9 heteroatoms. The summed E-state index contributed by atoms with van der Waals surface area (Å²) in [6, 6.07) is 12.6. The lowest BCUT2D eigenvalue weighted by Crippen LogP contribution is -2.19. The summed E-state index contributed by atoms with van der Waals surface area (Å²) >= 11 is 13.6. The molecule has 0 fully saturated rings. The van der Waals surface area contributed by atoms with Crippen LogP contribution in [0.1, 0.15) is 16.8 Å². The standard InChI is InChI=1S/C19H16Cl2N4O2S/c20-16-2-1-3-17(21)15(16)10-27-14-6-4-12(5-7-14)9-23-25-18(26)8-13-11-28-19(22)24-13/h1-7,9,11H,8,10H2,(H2,22,24)(H,25,26)/b23-9+. The van der Waals surface area contributed by atoms with Gasteiger partial charge in [-0.3, -0.25) is 4.79 Å². The second kappa shape index (κ2) is 9.54. The van der Waals surface area contributed by atoms with Crippen LogP contribution in [0.3, 0.4) is 0 Å². The van der Waals surface area contributed by atoms with E-state index in [2.05, 4.69) is 15.5 Å². The lowest BCUT2D eigenvalue weighted by atomic mass is 10.2. The molecule has 0 aliphatic carbocycles. The Labute approximate surface area is 176 Å². The lowest BCUT2D eigenvalue weighted by molar-refractivity contribution is -0.120. The van der Waals surface area contributed by atoms with Gasteiger partial charge < -0.3 is 10.5 Å². The van der Waals surface area contributed by atoms with Gasteiger partial charge in [-0.1, -0.05) is 29.3 Å². The predicted octanol–water partition coefficient (Wildman–Crippen LogP) is 4.30. The normalized spacial score (nSPS) is 10.9. The van der Waals surface area contributed by atoms with Gasteiger partial charge in [-0.2, -0.15) is 5.10 Å². The number of hydrogen-bond donors (Lipinski definition) is 2. The van der Waals surface area contributed by atoms with Crippen molar-refractivity contribution in [1.29, 1.82) is 0 Å². The topological polar surface area (TPSA) is 89.6 Å². The van der Waals surface area contributed by atoms with E-state index in [-0.39, 0.29) is 18.9 Å². The van der Waals surface area contributed by atoms with Crippen molar-refractivity contribution >= 4 is 51.8 Å². The van der Waals surface area contributed by atoms with Gasteiger partial charge in [0.1, 0.15) is 12.4 Å². The molecule has 1 heterocycles. The molecule has 2 aromatic carbocycles. The number of nitrogens with zero attached hydrogens (tertiary/aromatic N) is 2. The van der Waals surface area contributed by atoms with E-state index in [4.69, 9.17) is 33.7 Å². The second-order valence-corrected chi connectivity index (χ2v) is 7.41. The van der Waals surface area contributed by atoms with Gasteiger partial charge in [0.05, 0.1) is 18.3 Å². The molecule has 1 aromatic heterocycles. The first-order valence-corrected chi connectivity index (χ1v) is 9.82. The predicted molar refractivity (Wildman–Crippen MR) is 113 cm³/mol. The second-order valence-electron chi connectivity index (χ2n) is 5.70. The highest BCUT2D eigenvalue weighted by atomic mass is 35.5. The van der Waals surface area contributed by atoms with Crippen molar-refractivity contribution in [2.75, 3.05) is 5.73 Å². The van der Waals surface area contributed by atoms with E-state index in [0.29, 0.717) is 26.6 Å². The summed E-state index contributed by atoms with van der Waals surface area (Å²) in [5.41, 5.74) is 10.2. The molecule has 0 atom stereocenters. The molecular formula is C19H16Cl2N4O2S. The van der Waals surface area contributed by atoms with Gasteiger partial charge in [0, 0.05) is 21.0 Å². The molecule has 6 nitrogen and oxygen atoms in total. The van der Waals surface area contributed by atoms with Crippen molar-refractivity contribution in [3.05, 3.63) is 74.7 Å². The van der Waals surface area contributed by atoms with Gasteiger partial charge in [-0.15, -0.1) is 11.3 Å². The van der Waals surface area contributed by atoms with Crippen LogP contribution in [0.25, 0.3) is 0 Å². The number of carbonyl (C=O) groups excluding carboxylic acids is 1. The maximum atomic E-state index is 11.8. The first-order chi connectivity index (χ1) is 13.5. The number of anilines is 1. The molecule has 0 bridgehead atoms. The molecule has 0 radical (unpaired) electrons. The van der Waals surface area contributed by atoms with Crippen LogP contribution in [0.5, 0.6) is 5.75 Å². The average Bonchev–Trinajstić information content (AvgIpc) is 3.07. The molecule has 0 saturated heterocycles. The van der Waals surface area contributed by atoms with Crippen molar-refractivity contribution in [2.24, 2.45) is 5.10 Å². The molecule has 0 unspecified atom stereocenters. The average molecular weight is 435 g/mol. The Morgan fingerprint density at radius 3 is 2.57 bits per heavy atom. The SMILES string of the molecule is Nc1nc(CC(=O)N/N=C/c2ccc(OCc3c(Cl)cccc3Cl)cc2)cs1. The number of hydrazone groups is 1. The van der Waals surface area contributed by atoms with Gasteiger partial charge in [0.25, 0.3) is 0 Å². The number of carbonyl (C=O) groups is 1. The number of benzene rings is 2. The minimum absolute atomic E-state index is 0.127. The van der Waals surface area contributed by atoms with Crippen molar-refractivity contribution in [3.8, 4) is 5.75 Å². The van der Waals surface area contributed by atoms with E-state index < -0.39 is 0 Å². The van der Waals surface area contributed by atoms with Gasteiger partial charge in [-0.25, -0.2) is 10.4 Å². The number of ether oxygens (including phenoxy) is 1. The molecule has 144 valence electrons. The lowest BCUT2D eigenvalue weighted by Gasteiger charge is -2.09. The van der Waals surface area contributed by atoms with Gasteiger partial charge in [-0.05, 0) is 42.0 Å². The van der Waals surface area contributed by atoms with Gasteiger partial charge >= 0.3 is 0 Å². The van der Waals surface area contributed by atoms with Gasteiger partial charge in [0.2, 0.25) is 5.91 Å². The number of aromatic nitrogens is 1. The fourth-order valence-electron chi connectivity index (χ4n) is 2.26. The number of rotatable bonds is 7. The Hall–Kier alpha value is -2.61. The Morgan fingerprint density at radius 1 is 1.21 bits per heavy atom. The monoisotopic (exact) mass is 434 g/mol. The molecule has 0 saturated carbocycles. The molecule has 0 aliphatic rings. The van der Waals surface area contributed by atoms with Crippen LogP contribution in [0.4, 0.5) is 5.13 Å². The zero-order valence-electron chi connectivity index (χ0n) is 14.6. The molecule has 0 spiro atoms. The fourth-order valence-corrected chi connectivity index (χ4v) is 3.33. The summed E-state index contributed by atoms with van der Waals surface area (Å²) in [6.45, 7) is 0.267.